The second-order valence-corrected chi connectivity index (χ2v) is 2.01. The van der Waals surface area contributed by atoms with E-state index >= 15 is 0 Å². The molecule has 0 heterocycles. The third-order valence-corrected chi connectivity index (χ3v) is 1.08. The summed E-state index contributed by atoms with van der Waals surface area (Å²) in [6, 6.07) is 0. The topological polar surface area (TPSA) is 18.5 Å². The van der Waals surface area contributed by atoms with E-state index in [0.29, 0.717) is 0 Å². The fourth-order valence-electron chi connectivity index (χ4n) is 0.593. The van der Waals surface area contributed by atoms with Crippen molar-refractivity contribution in [3.8, 4) is 0 Å². The molecule has 0 rings (SSSR count). The molecular formula is C5H5F7O2. The van der Waals surface area contributed by atoms with Crippen molar-refractivity contribution in [2.45, 2.75) is 18.4 Å². The van der Waals surface area contributed by atoms with E-state index in [9.17, 15) is 30.7 Å². The van der Waals surface area contributed by atoms with Crippen LogP contribution in [-0.2, 0) is 9.47 Å². The molecule has 0 spiro atoms. The summed E-state index contributed by atoms with van der Waals surface area (Å²) in [6.07, 6.45) is -14.3. The van der Waals surface area contributed by atoms with E-state index < -0.39 is 32.1 Å². The van der Waals surface area contributed by atoms with Gasteiger partial charge in [0.1, 0.15) is 0 Å². The fraction of sp³-hybridized carbons (Fsp3) is 1.00. The molecule has 0 aromatic carbocycles. The SMILES string of the molecule is FCOC(C(F)(F)F)C(F)(F)OCF. The lowest BCUT2D eigenvalue weighted by Gasteiger charge is -2.26. The lowest BCUT2D eigenvalue weighted by atomic mass is 10.3. The maximum Gasteiger partial charge on any atom is 0.423 e. The second kappa shape index (κ2) is 4.78. The minimum atomic E-state index is -5.55. The normalized spacial score (nSPS) is 15.6. The minimum absolute atomic E-state index is 2.09. The van der Waals surface area contributed by atoms with Crippen LogP contribution in [0.15, 0.2) is 0 Å². The molecule has 1 unspecified atom stereocenters. The predicted octanol–water partition coefficient (Wildman–Crippen LogP) is 2.40. The first-order valence-corrected chi connectivity index (χ1v) is 3.07. The third-order valence-electron chi connectivity index (χ3n) is 1.08. The molecule has 0 bridgehead atoms. The zero-order chi connectivity index (χ0) is 11.4. The zero-order valence-electron chi connectivity index (χ0n) is 6.45. The smallest absolute Gasteiger partial charge is 0.329 e. The van der Waals surface area contributed by atoms with Gasteiger partial charge in [0.25, 0.3) is 0 Å². The number of hydrogen-bond acceptors (Lipinski definition) is 2. The summed E-state index contributed by atoms with van der Waals surface area (Å²) in [5.41, 5.74) is 0. The van der Waals surface area contributed by atoms with Gasteiger partial charge in [0.05, 0.1) is 0 Å². The van der Waals surface area contributed by atoms with Gasteiger partial charge in [-0.05, 0) is 0 Å². The number of halogens is 7. The lowest BCUT2D eigenvalue weighted by molar-refractivity contribution is -0.374. The largest absolute Gasteiger partial charge is 0.423 e. The van der Waals surface area contributed by atoms with Crippen LogP contribution in [-0.4, -0.2) is 32.1 Å². The first-order valence-electron chi connectivity index (χ1n) is 3.07. The number of ether oxygens (including phenoxy) is 2. The molecule has 0 aromatic rings. The summed E-state index contributed by atoms with van der Waals surface area (Å²) in [5, 5.41) is 0. The Labute approximate surface area is 73.6 Å². The van der Waals surface area contributed by atoms with Gasteiger partial charge in [-0.15, -0.1) is 0 Å². The van der Waals surface area contributed by atoms with E-state index in [0.717, 1.165) is 0 Å². The van der Waals surface area contributed by atoms with E-state index in [1.165, 1.54) is 0 Å². The molecule has 0 saturated carbocycles. The van der Waals surface area contributed by atoms with Gasteiger partial charge in [-0.1, -0.05) is 0 Å². The highest BCUT2D eigenvalue weighted by Crippen LogP contribution is 2.35. The fourth-order valence-corrected chi connectivity index (χ4v) is 0.593. The Morgan fingerprint density at radius 1 is 0.929 bits per heavy atom. The average molecular weight is 230 g/mol. The molecule has 0 N–H and O–H groups in total. The minimum Gasteiger partial charge on any atom is -0.329 e. The molecule has 0 aliphatic heterocycles. The molecule has 0 aliphatic carbocycles. The number of alkyl halides is 7. The van der Waals surface area contributed by atoms with Crippen LogP contribution in [0.4, 0.5) is 30.7 Å². The Bertz CT molecular complexity index is 168. The standard InChI is InChI=1S/C5H5F7O2/c6-1-13-3(4(8,9)10)5(11,12)14-2-7/h3H,1-2H2. The predicted molar refractivity (Wildman–Crippen MR) is 28.9 cm³/mol. The Balaban J connectivity index is 4.63. The molecule has 9 heteroatoms. The molecule has 0 fully saturated rings. The van der Waals surface area contributed by atoms with Gasteiger partial charge < -0.3 is 4.74 Å². The van der Waals surface area contributed by atoms with Gasteiger partial charge in [0.2, 0.25) is 6.10 Å². The van der Waals surface area contributed by atoms with Crippen LogP contribution in [0, 0.1) is 0 Å². The van der Waals surface area contributed by atoms with Gasteiger partial charge in [-0.2, -0.15) is 22.0 Å². The highest BCUT2D eigenvalue weighted by Gasteiger charge is 2.58. The van der Waals surface area contributed by atoms with Crippen LogP contribution in [0.2, 0.25) is 0 Å². The number of hydrogen-bond donors (Lipinski definition) is 0. The van der Waals surface area contributed by atoms with Crippen LogP contribution < -0.4 is 0 Å². The highest BCUT2D eigenvalue weighted by atomic mass is 19.4. The van der Waals surface area contributed by atoms with Crippen LogP contribution >= 0.6 is 0 Å². The first-order chi connectivity index (χ1) is 6.25. The maximum atomic E-state index is 12.3. The molecule has 0 aliphatic rings. The van der Waals surface area contributed by atoms with Crippen LogP contribution in [0.25, 0.3) is 0 Å². The third kappa shape index (κ3) is 3.66. The summed E-state index contributed by atoms with van der Waals surface area (Å²) < 4.78 is 88.4. The number of rotatable bonds is 5. The van der Waals surface area contributed by atoms with Crippen molar-refractivity contribution in [1.29, 1.82) is 0 Å². The summed E-state index contributed by atoms with van der Waals surface area (Å²) in [7, 11) is 0. The second-order valence-electron chi connectivity index (χ2n) is 2.01. The van der Waals surface area contributed by atoms with Crippen LogP contribution in [0.5, 0.6) is 0 Å². The van der Waals surface area contributed by atoms with Gasteiger partial charge in [-0.3, -0.25) is 4.74 Å². The molecule has 0 saturated heterocycles. The molecule has 1 atom stereocenters. The summed E-state index contributed by atoms with van der Waals surface area (Å²) in [4.78, 5) is 0. The Hall–Kier alpha value is -0.570. The molecule has 0 aromatic heterocycles. The van der Waals surface area contributed by atoms with Crippen molar-refractivity contribution in [2.75, 3.05) is 13.7 Å². The molecule has 14 heavy (non-hydrogen) atoms. The lowest BCUT2D eigenvalue weighted by Crippen LogP contribution is -2.48. The van der Waals surface area contributed by atoms with Gasteiger partial charge in [-0.25, -0.2) is 8.78 Å². The van der Waals surface area contributed by atoms with E-state index in [2.05, 4.69) is 9.47 Å². The highest BCUT2D eigenvalue weighted by molar-refractivity contribution is 4.76. The Morgan fingerprint density at radius 3 is 1.71 bits per heavy atom. The van der Waals surface area contributed by atoms with E-state index in [1.807, 2.05) is 0 Å². The van der Waals surface area contributed by atoms with Crippen molar-refractivity contribution in [3.05, 3.63) is 0 Å². The van der Waals surface area contributed by atoms with Crippen LogP contribution in [0.1, 0.15) is 0 Å². The van der Waals surface area contributed by atoms with Crippen molar-refractivity contribution < 1.29 is 40.2 Å². The van der Waals surface area contributed by atoms with E-state index in [1.54, 1.807) is 0 Å². The molecular weight excluding hydrogens is 225 g/mol. The molecule has 0 amide bonds. The molecule has 2 nitrogen and oxygen atoms in total. The van der Waals surface area contributed by atoms with Gasteiger partial charge >= 0.3 is 12.3 Å². The first kappa shape index (κ1) is 13.4. The molecule has 0 radical (unpaired) electrons. The van der Waals surface area contributed by atoms with Crippen molar-refractivity contribution >= 4 is 0 Å². The Kier molecular flexibility index (Phi) is 4.59. The van der Waals surface area contributed by atoms with Crippen molar-refractivity contribution in [3.63, 3.8) is 0 Å². The zero-order valence-corrected chi connectivity index (χ0v) is 6.45. The quantitative estimate of drug-likeness (QED) is 0.675. The van der Waals surface area contributed by atoms with E-state index in [4.69, 9.17) is 0 Å². The van der Waals surface area contributed by atoms with Gasteiger partial charge in [0, 0.05) is 0 Å². The Morgan fingerprint density at radius 2 is 1.43 bits per heavy atom. The maximum absolute atomic E-state index is 12.3. The van der Waals surface area contributed by atoms with Crippen molar-refractivity contribution in [1.82, 2.24) is 0 Å². The van der Waals surface area contributed by atoms with Gasteiger partial charge in [0.15, 0.2) is 13.7 Å². The monoisotopic (exact) mass is 230 g/mol. The summed E-state index contributed by atoms with van der Waals surface area (Å²) in [6.45, 7) is -4.23. The van der Waals surface area contributed by atoms with Crippen molar-refractivity contribution in [2.24, 2.45) is 0 Å². The molecule has 86 valence electrons. The summed E-state index contributed by atoms with van der Waals surface area (Å²) in [5.74, 6) is 0. The summed E-state index contributed by atoms with van der Waals surface area (Å²) >= 11 is 0. The van der Waals surface area contributed by atoms with E-state index in [-0.39, 0.29) is 0 Å². The average Bonchev–Trinajstić information content (AvgIpc) is 1.97. The van der Waals surface area contributed by atoms with Crippen LogP contribution in [0.3, 0.4) is 0 Å².